The Labute approximate surface area is 453 Å². The van der Waals surface area contributed by atoms with Gasteiger partial charge in [0.15, 0.2) is 11.2 Å². The molecule has 82 heavy (non-hydrogen) atoms. The first-order valence-electron chi connectivity index (χ1n) is 24.2. The molecule has 2 atom stereocenters. The van der Waals surface area contributed by atoms with Crippen LogP contribution in [0.25, 0.3) is 78.7 Å². The van der Waals surface area contributed by atoms with E-state index in [1.54, 1.807) is 24.3 Å². The van der Waals surface area contributed by atoms with Crippen LogP contribution in [0.1, 0.15) is 56.2 Å². The van der Waals surface area contributed by atoms with Crippen molar-refractivity contribution in [3.8, 4) is 67.5 Å². The molecule has 416 valence electrons. The van der Waals surface area contributed by atoms with Crippen LogP contribution in [-0.2, 0) is 35.9 Å². The Kier molecular flexibility index (Phi) is 12.6. The standard InChI is InChI=1S/C60H36F12N4O6/c61-57(62,63)35-23-33(24-36(27-35)58(64,65)66)55(81)53-51(31-7-3-11-41(79)21-31)47-17-15-45(74-47)49(29-5-1-9-39(77)19-29)43-13-14-44(73-43)50(30-6-2-10-40(78)20-30)46-16-18-48(75-46)52(32-8-4-12-42(80)22-32)54(76-53)56(55,82)34-25-37(59(67,68)69)28-38(26-34)60(70,71)72/h1-28,74-75,77-82H. The van der Waals surface area contributed by atoms with Gasteiger partial charge in [0, 0.05) is 44.3 Å². The molecule has 0 fully saturated rings. The lowest BCUT2D eigenvalue weighted by Crippen LogP contribution is -2.49. The van der Waals surface area contributed by atoms with E-state index in [1.807, 2.05) is 0 Å². The lowest BCUT2D eigenvalue weighted by molar-refractivity contribution is -0.147. The van der Waals surface area contributed by atoms with Gasteiger partial charge in [0.05, 0.1) is 45.0 Å². The highest BCUT2D eigenvalue weighted by molar-refractivity contribution is 5.98. The summed E-state index contributed by atoms with van der Waals surface area (Å²) in [4.78, 5) is 15.9. The van der Waals surface area contributed by atoms with Gasteiger partial charge in [-0.25, -0.2) is 9.97 Å². The number of nitrogens with zero attached hydrogens (tertiary/aromatic N) is 2. The summed E-state index contributed by atoms with van der Waals surface area (Å²) in [6, 6.07) is 24.8. The monoisotopic (exact) mass is 1140 g/mol. The molecule has 2 unspecified atom stereocenters. The number of aromatic nitrogens is 4. The number of fused-ring (bicyclic) bond motifs is 8. The fourth-order valence-electron chi connectivity index (χ4n) is 10.5. The van der Waals surface area contributed by atoms with Crippen molar-refractivity contribution in [1.29, 1.82) is 0 Å². The van der Waals surface area contributed by atoms with E-state index in [-0.39, 0.29) is 115 Å². The molecule has 2 aliphatic heterocycles. The Bertz CT molecular complexity index is 3960. The molecule has 2 aliphatic rings. The van der Waals surface area contributed by atoms with Crippen molar-refractivity contribution < 1.29 is 83.3 Å². The highest BCUT2D eigenvalue weighted by Crippen LogP contribution is 2.59. The first kappa shape index (κ1) is 54.4. The number of rotatable bonds is 6. The van der Waals surface area contributed by atoms with Gasteiger partial charge in [-0.2, -0.15) is 52.7 Å². The molecular weight excluding hydrogens is 1100 g/mol. The Hall–Kier alpha value is -9.54. The van der Waals surface area contributed by atoms with Crippen LogP contribution < -0.4 is 0 Å². The smallest absolute Gasteiger partial charge is 0.416 e. The summed E-state index contributed by atoms with van der Waals surface area (Å²) in [7, 11) is 0. The van der Waals surface area contributed by atoms with Gasteiger partial charge in [0.25, 0.3) is 0 Å². The third-order valence-corrected chi connectivity index (χ3v) is 14.1. The second-order valence-electron chi connectivity index (χ2n) is 19.3. The van der Waals surface area contributed by atoms with Gasteiger partial charge < -0.3 is 40.6 Å². The summed E-state index contributed by atoms with van der Waals surface area (Å²) in [5.41, 5.74) is -24.0. The van der Waals surface area contributed by atoms with Crippen molar-refractivity contribution in [2.24, 2.45) is 0 Å². The van der Waals surface area contributed by atoms with E-state index in [4.69, 9.17) is 9.97 Å². The number of H-pyrrole nitrogens is 2. The molecule has 0 amide bonds. The number of phenolic OH excluding ortho intramolecular Hbond substituents is 4. The summed E-state index contributed by atoms with van der Waals surface area (Å²) in [5, 5.41) is 72.4. The minimum Gasteiger partial charge on any atom is -0.508 e. The van der Waals surface area contributed by atoms with Crippen LogP contribution in [0.2, 0.25) is 0 Å². The van der Waals surface area contributed by atoms with E-state index in [0.29, 0.717) is 0 Å². The number of aromatic amines is 2. The number of aromatic hydroxyl groups is 4. The zero-order valence-corrected chi connectivity index (χ0v) is 41.3. The molecule has 0 aliphatic carbocycles. The Balaban J connectivity index is 1.49. The summed E-state index contributed by atoms with van der Waals surface area (Å²) < 4.78 is 182. The number of halogens is 12. The van der Waals surface area contributed by atoms with Crippen LogP contribution in [0.3, 0.4) is 0 Å². The Morgan fingerprint density at radius 3 is 0.866 bits per heavy atom. The molecule has 8 bridgehead atoms. The molecule has 0 saturated carbocycles. The van der Waals surface area contributed by atoms with Gasteiger partial charge in [-0.05, 0) is 155 Å². The number of hydrogen-bond acceptors (Lipinski definition) is 8. The van der Waals surface area contributed by atoms with Gasteiger partial charge in [-0.3, -0.25) is 0 Å². The fraction of sp³-hybridized carbons (Fsp3) is 0.100. The van der Waals surface area contributed by atoms with Crippen molar-refractivity contribution in [2.45, 2.75) is 35.9 Å². The van der Waals surface area contributed by atoms with Crippen LogP contribution >= 0.6 is 0 Å². The van der Waals surface area contributed by atoms with Gasteiger partial charge in [0.1, 0.15) is 23.0 Å². The van der Waals surface area contributed by atoms with Crippen LogP contribution in [0.5, 0.6) is 23.0 Å². The maximum Gasteiger partial charge on any atom is 0.416 e. The number of phenols is 4. The molecule has 0 radical (unpaired) electrons. The number of aliphatic hydroxyl groups is 2. The maximum atomic E-state index is 15.2. The second-order valence-corrected chi connectivity index (χ2v) is 19.3. The minimum absolute atomic E-state index is 0.0517. The normalized spacial score (nSPS) is 16.7. The third-order valence-electron chi connectivity index (χ3n) is 14.1. The number of alkyl halides is 12. The summed E-state index contributed by atoms with van der Waals surface area (Å²) in [5.74, 6) is -1.66. The van der Waals surface area contributed by atoms with Gasteiger partial charge in [0.2, 0.25) is 0 Å². The SMILES string of the molecule is Oc1cccc(-c2c3nc(c(-c4cccc(O)c4)c4ccc([nH]4)c(-c4cccc(O)c4)c4nc(c(-c5cccc(O)c5)c5ccc2[nH]5)C(O)(c2cc(C(F)(F)F)cc(C(F)(F)F)c2)C4(O)c2cc(C(F)(F)F)cc(C(F)(F)F)c2)C=C3)c1. The van der Waals surface area contributed by atoms with E-state index in [9.17, 15) is 30.6 Å². The molecule has 5 heterocycles. The van der Waals surface area contributed by atoms with E-state index in [1.165, 1.54) is 84.9 Å². The lowest BCUT2D eigenvalue weighted by atomic mass is 9.68. The predicted octanol–water partition coefficient (Wildman–Crippen LogP) is 15.2. The second kappa shape index (κ2) is 19.1. The Morgan fingerprint density at radius 2 is 0.598 bits per heavy atom. The molecule has 6 aromatic carbocycles. The number of benzene rings is 6. The molecule has 11 rings (SSSR count). The number of nitrogens with one attached hydrogen (secondary N) is 2. The van der Waals surface area contributed by atoms with Gasteiger partial charge >= 0.3 is 24.7 Å². The van der Waals surface area contributed by atoms with Crippen molar-refractivity contribution >= 4 is 34.2 Å². The summed E-state index contributed by atoms with van der Waals surface area (Å²) in [6.45, 7) is 0. The first-order valence-corrected chi connectivity index (χ1v) is 24.2. The highest BCUT2D eigenvalue weighted by atomic mass is 19.4. The van der Waals surface area contributed by atoms with Gasteiger partial charge in [-0.15, -0.1) is 0 Å². The number of hydrogen-bond donors (Lipinski definition) is 8. The minimum atomic E-state index is -5.75. The molecule has 0 spiro atoms. The first-order chi connectivity index (χ1) is 38.5. The van der Waals surface area contributed by atoms with Crippen LogP contribution in [0, 0.1) is 0 Å². The molecule has 8 N–H and O–H groups in total. The van der Waals surface area contributed by atoms with Crippen molar-refractivity contribution in [2.75, 3.05) is 0 Å². The molecule has 22 heteroatoms. The van der Waals surface area contributed by atoms with Crippen molar-refractivity contribution in [3.63, 3.8) is 0 Å². The third kappa shape index (κ3) is 9.37. The largest absolute Gasteiger partial charge is 0.508 e. The highest BCUT2D eigenvalue weighted by Gasteiger charge is 2.63. The van der Waals surface area contributed by atoms with Crippen molar-refractivity contribution in [3.05, 3.63) is 214 Å². The van der Waals surface area contributed by atoms with Gasteiger partial charge in [-0.1, -0.05) is 48.5 Å². The van der Waals surface area contributed by atoms with E-state index in [2.05, 4.69) is 9.97 Å². The van der Waals surface area contributed by atoms with Crippen LogP contribution in [-0.4, -0.2) is 50.6 Å². The molecule has 3 aromatic heterocycles. The summed E-state index contributed by atoms with van der Waals surface area (Å²) in [6.07, 6.45) is -19.8. The maximum absolute atomic E-state index is 15.2. The topological polar surface area (TPSA) is 179 Å². The molecule has 10 nitrogen and oxygen atoms in total. The lowest BCUT2D eigenvalue weighted by Gasteiger charge is -2.41. The Morgan fingerprint density at radius 1 is 0.329 bits per heavy atom. The predicted molar refractivity (Wildman–Crippen MR) is 277 cm³/mol. The van der Waals surface area contributed by atoms with E-state index < -0.39 is 103 Å². The quantitative estimate of drug-likeness (QED) is 0.0758. The molecular formula is C60H36F12N4O6. The zero-order chi connectivity index (χ0) is 58.6. The van der Waals surface area contributed by atoms with Crippen LogP contribution in [0.4, 0.5) is 52.7 Å². The molecule has 9 aromatic rings. The average molecular weight is 1140 g/mol. The van der Waals surface area contributed by atoms with Crippen molar-refractivity contribution in [1.82, 2.24) is 19.9 Å². The molecule has 0 saturated heterocycles. The van der Waals surface area contributed by atoms with E-state index >= 15 is 52.7 Å². The summed E-state index contributed by atoms with van der Waals surface area (Å²) >= 11 is 0. The zero-order valence-electron chi connectivity index (χ0n) is 41.3. The fourth-order valence-corrected chi connectivity index (χ4v) is 10.5. The van der Waals surface area contributed by atoms with E-state index in [0.717, 1.165) is 24.3 Å². The van der Waals surface area contributed by atoms with Crippen LogP contribution in [0.15, 0.2) is 158 Å². The average Bonchev–Trinajstić information content (AvgIpc) is 2.46.